The molecular formula is C16H19ClN2O2. The Morgan fingerprint density at radius 3 is 2.62 bits per heavy atom. The number of rotatable bonds is 6. The van der Waals surface area contributed by atoms with E-state index in [0.717, 1.165) is 22.6 Å². The maximum atomic E-state index is 6.10. The van der Waals surface area contributed by atoms with Crippen molar-refractivity contribution in [2.75, 3.05) is 14.2 Å². The van der Waals surface area contributed by atoms with Crippen LogP contribution in [-0.2, 0) is 6.54 Å². The highest BCUT2D eigenvalue weighted by molar-refractivity contribution is 6.31. The quantitative estimate of drug-likeness (QED) is 0.885. The van der Waals surface area contributed by atoms with E-state index in [-0.39, 0.29) is 6.04 Å². The highest BCUT2D eigenvalue weighted by Crippen LogP contribution is 2.30. The molecule has 0 saturated heterocycles. The molecule has 0 aliphatic rings. The molecule has 5 heteroatoms. The molecule has 1 aromatic heterocycles. The first-order chi connectivity index (χ1) is 10.2. The smallest absolute Gasteiger partial charge is 0.161 e. The Balaban J connectivity index is 2.06. The van der Waals surface area contributed by atoms with Gasteiger partial charge in [0.25, 0.3) is 0 Å². The molecule has 1 N–H and O–H groups in total. The van der Waals surface area contributed by atoms with Gasteiger partial charge in [-0.05, 0) is 36.2 Å². The normalized spacial score (nSPS) is 12.0. The summed E-state index contributed by atoms with van der Waals surface area (Å²) in [6, 6.07) is 7.98. The summed E-state index contributed by atoms with van der Waals surface area (Å²) in [5, 5.41) is 4.11. The van der Waals surface area contributed by atoms with Gasteiger partial charge in [0.2, 0.25) is 0 Å². The molecule has 0 spiro atoms. The van der Waals surface area contributed by atoms with E-state index >= 15 is 0 Å². The van der Waals surface area contributed by atoms with Gasteiger partial charge in [-0.25, -0.2) is 0 Å². The molecule has 1 unspecified atom stereocenters. The molecule has 0 radical (unpaired) electrons. The van der Waals surface area contributed by atoms with Crippen molar-refractivity contribution < 1.29 is 9.47 Å². The van der Waals surface area contributed by atoms with Crippen molar-refractivity contribution in [1.29, 1.82) is 0 Å². The van der Waals surface area contributed by atoms with Gasteiger partial charge >= 0.3 is 0 Å². The number of ether oxygens (including phenoxy) is 2. The molecule has 2 aromatic rings. The van der Waals surface area contributed by atoms with E-state index in [1.165, 1.54) is 0 Å². The highest BCUT2D eigenvalue weighted by Gasteiger charge is 2.10. The zero-order valence-electron chi connectivity index (χ0n) is 12.4. The van der Waals surface area contributed by atoms with Gasteiger partial charge in [0.05, 0.1) is 19.2 Å². The molecule has 112 valence electrons. The number of nitrogens with zero attached hydrogens (tertiary/aromatic N) is 1. The van der Waals surface area contributed by atoms with Crippen molar-refractivity contribution in [1.82, 2.24) is 10.3 Å². The first-order valence-corrected chi connectivity index (χ1v) is 7.07. The van der Waals surface area contributed by atoms with Gasteiger partial charge in [-0.15, -0.1) is 0 Å². The van der Waals surface area contributed by atoms with Crippen LogP contribution in [0.4, 0.5) is 0 Å². The summed E-state index contributed by atoms with van der Waals surface area (Å²) in [4.78, 5) is 3.98. The fourth-order valence-electron chi connectivity index (χ4n) is 2.05. The lowest BCUT2D eigenvalue weighted by Gasteiger charge is -2.17. The predicted octanol–water partition coefficient (Wildman–Crippen LogP) is 3.60. The Kier molecular flexibility index (Phi) is 5.42. The number of pyridine rings is 1. The number of benzene rings is 1. The van der Waals surface area contributed by atoms with Crippen LogP contribution in [0.5, 0.6) is 11.5 Å². The summed E-state index contributed by atoms with van der Waals surface area (Å²) in [5.74, 6) is 1.45. The summed E-state index contributed by atoms with van der Waals surface area (Å²) < 4.78 is 10.6. The minimum absolute atomic E-state index is 0.161. The van der Waals surface area contributed by atoms with Gasteiger partial charge in [0, 0.05) is 25.0 Å². The van der Waals surface area contributed by atoms with Gasteiger partial charge in [0.15, 0.2) is 11.5 Å². The van der Waals surface area contributed by atoms with Crippen LogP contribution in [0, 0.1) is 0 Å². The molecular weight excluding hydrogens is 288 g/mol. The molecule has 21 heavy (non-hydrogen) atoms. The molecule has 1 atom stereocenters. The molecule has 2 rings (SSSR count). The summed E-state index contributed by atoms with van der Waals surface area (Å²) >= 11 is 6.10. The monoisotopic (exact) mass is 306 g/mol. The lowest BCUT2D eigenvalue weighted by atomic mass is 10.1. The van der Waals surface area contributed by atoms with E-state index in [0.29, 0.717) is 11.6 Å². The first-order valence-electron chi connectivity index (χ1n) is 6.69. The topological polar surface area (TPSA) is 43.4 Å². The van der Waals surface area contributed by atoms with Gasteiger partial charge in [-0.3, -0.25) is 4.98 Å². The van der Waals surface area contributed by atoms with Crippen molar-refractivity contribution in [3.8, 4) is 11.5 Å². The number of halogens is 1. The third kappa shape index (κ3) is 3.86. The first kappa shape index (κ1) is 15.6. The van der Waals surface area contributed by atoms with Gasteiger partial charge in [0.1, 0.15) is 0 Å². The van der Waals surface area contributed by atoms with Crippen molar-refractivity contribution in [3.05, 3.63) is 52.8 Å². The number of hydrogen-bond acceptors (Lipinski definition) is 4. The molecule has 0 aliphatic heterocycles. The summed E-state index contributed by atoms with van der Waals surface area (Å²) in [6.45, 7) is 2.77. The molecule has 0 aliphatic carbocycles. The van der Waals surface area contributed by atoms with Crippen molar-refractivity contribution >= 4 is 11.6 Å². The third-order valence-corrected chi connectivity index (χ3v) is 3.70. The van der Waals surface area contributed by atoms with Crippen molar-refractivity contribution in [2.45, 2.75) is 19.5 Å². The zero-order valence-corrected chi connectivity index (χ0v) is 13.1. The van der Waals surface area contributed by atoms with E-state index in [1.54, 1.807) is 26.6 Å². The van der Waals surface area contributed by atoms with Crippen LogP contribution in [-0.4, -0.2) is 19.2 Å². The summed E-state index contributed by atoms with van der Waals surface area (Å²) in [5.41, 5.74) is 2.15. The van der Waals surface area contributed by atoms with Crippen LogP contribution >= 0.6 is 11.6 Å². The minimum atomic E-state index is 0.161. The average molecular weight is 307 g/mol. The van der Waals surface area contributed by atoms with Crippen molar-refractivity contribution in [3.63, 3.8) is 0 Å². The lowest BCUT2D eigenvalue weighted by molar-refractivity contribution is 0.354. The second-order valence-corrected chi connectivity index (χ2v) is 5.09. The van der Waals surface area contributed by atoms with Gasteiger partial charge < -0.3 is 14.8 Å². The minimum Gasteiger partial charge on any atom is -0.493 e. The number of hydrogen-bond donors (Lipinski definition) is 1. The van der Waals surface area contributed by atoms with Crippen LogP contribution in [0.2, 0.25) is 5.02 Å². The largest absolute Gasteiger partial charge is 0.493 e. The molecule has 0 amide bonds. The fraction of sp³-hybridized carbons (Fsp3) is 0.312. The SMILES string of the molecule is COc1ccc(C(C)NCc2ccncc2Cl)cc1OC. The molecule has 0 fully saturated rings. The molecule has 0 bridgehead atoms. The third-order valence-electron chi connectivity index (χ3n) is 3.36. The number of nitrogens with one attached hydrogen (secondary N) is 1. The Labute approximate surface area is 130 Å². The zero-order chi connectivity index (χ0) is 15.2. The lowest BCUT2D eigenvalue weighted by Crippen LogP contribution is -2.18. The fourth-order valence-corrected chi connectivity index (χ4v) is 2.24. The van der Waals surface area contributed by atoms with E-state index in [1.807, 2.05) is 24.3 Å². The van der Waals surface area contributed by atoms with E-state index < -0.39 is 0 Å². The summed E-state index contributed by atoms with van der Waals surface area (Å²) in [7, 11) is 3.26. The summed E-state index contributed by atoms with van der Waals surface area (Å²) in [6.07, 6.45) is 3.39. The Bertz CT molecular complexity index is 605. The van der Waals surface area contributed by atoms with E-state index in [2.05, 4.69) is 17.2 Å². The van der Waals surface area contributed by atoms with Crippen LogP contribution in [0.3, 0.4) is 0 Å². The van der Waals surface area contributed by atoms with Crippen LogP contribution in [0.1, 0.15) is 24.1 Å². The Morgan fingerprint density at radius 1 is 1.19 bits per heavy atom. The average Bonchev–Trinajstić information content (AvgIpc) is 2.53. The number of aromatic nitrogens is 1. The van der Waals surface area contributed by atoms with Crippen molar-refractivity contribution in [2.24, 2.45) is 0 Å². The maximum absolute atomic E-state index is 6.10. The van der Waals surface area contributed by atoms with Crippen LogP contribution in [0.25, 0.3) is 0 Å². The van der Waals surface area contributed by atoms with Gasteiger partial charge in [-0.2, -0.15) is 0 Å². The van der Waals surface area contributed by atoms with Crippen LogP contribution < -0.4 is 14.8 Å². The predicted molar refractivity (Wildman–Crippen MR) is 84.0 cm³/mol. The Morgan fingerprint density at radius 2 is 1.95 bits per heavy atom. The maximum Gasteiger partial charge on any atom is 0.161 e. The molecule has 1 aromatic carbocycles. The Hall–Kier alpha value is -1.78. The number of methoxy groups -OCH3 is 2. The van der Waals surface area contributed by atoms with Crippen LogP contribution in [0.15, 0.2) is 36.7 Å². The molecule has 0 saturated carbocycles. The second-order valence-electron chi connectivity index (χ2n) is 4.68. The highest BCUT2D eigenvalue weighted by atomic mass is 35.5. The molecule has 1 heterocycles. The van der Waals surface area contributed by atoms with E-state index in [4.69, 9.17) is 21.1 Å². The van der Waals surface area contributed by atoms with E-state index in [9.17, 15) is 0 Å². The van der Waals surface area contributed by atoms with Gasteiger partial charge in [-0.1, -0.05) is 17.7 Å². The second kappa shape index (κ2) is 7.29. The standard InChI is InChI=1S/C16H19ClN2O2/c1-11(19-9-13-6-7-18-10-14(13)17)12-4-5-15(20-2)16(8-12)21-3/h4-8,10-11,19H,9H2,1-3H3. The molecule has 4 nitrogen and oxygen atoms in total.